The van der Waals surface area contributed by atoms with Crippen molar-refractivity contribution < 1.29 is 0 Å². The molecule has 0 spiro atoms. The van der Waals surface area contributed by atoms with Crippen LogP contribution < -0.4 is 5.73 Å². The molecule has 4 heteroatoms. The molecule has 1 saturated carbocycles. The molecule has 1 aliphatic carbocycles. The van der Waals surface area contributed by atoms with Crippen LogP contribution >= 0.6 is 15.9 Å². The van der Waals surface area contributed by atoms with Gasteiger partial charge in [0.05, 0.1) is 0 Å². The zero-order valence-corrected chi connectivity index (χ0v) is 12.2. The highest BCUT2D eigenvalue weighted by atomic mass is 79.9. The molecular weight excluding hydrogens is 290 g/mol. The van der Waals surface area contributed by atoms with E-state index in [9.17, 15) is 0 Å². The van der Waals surface area contributed by atoms with Crippen molar-refractivity contribution in [2.45, 2.75) is 25.7 Å². The maximum Gasteiger partial charge on any atom is 0.131 e. The number of aryl methyl sites for hydroxylation is 1. The Morgan fingerprint density at radius 1 is 1.39 bits per heavy atom. The molecule has 0 radical (unpaired) electrons. The quantitative estimate of drug-likeness (QED) is 0.921. The molecule has 3 nitrogen and oxygen atoms in total. The standard InChI is InChI=1S/C14H16BrN3/c1-8-3-6-10(11(15)7-8)12-13(16)18(2)14(17-12)9-4-5-9/h3,6-7,9H,4-5,16H2,1-2H3. The molecule has 94 valence electrons. The topological polar surface area (TPSA) is 43.8 Å². The summed E-state index contributed by atoms with van der Waals surface area (Å²) in [6.07, 6.45) is 2.47. The Balaban J connectivity index is 2.13. The second-order valence-electron chi connectivity index (χ2n) is 5.02. The Kier molecular flexibility index (Phi) is 2.70. The average molecular weight is 306 g/mol. The Hall–Kier alpha value is -1.29. The lowest BCUT2D eigenvalue weighted by atomic mass is 10.1. The summed E-state index contributed by atoms with van der Waals surface area (Å²) in [5.41, 5.74) is 9.38. The first-order chi connectivity index (χ1) is 8.58. The van der Waals surface area contributed by atoms with Gasteiger partial charge in [0.2, 0.25) is 0 Å². The average Bonchev–Trinajstić information content (AvgIpc) is 3.11. The normalized spacial score (nSPS) is 15.1. The fourth-order valence-electron chi connectivity index (χ4n) is 2.25. The van der Waals surface area contributed by atoms with Crippen molar-refractivity contribution in [2.24, 2.45) is 7.05 Å². The van der Waals surface area contributed by atoms with Crippen LogP contribution in [0, 0.1) is 6.92 Å². The van der Waals surface area contributed by atoms with E-state index in [1.165, 1.54) is 18.4 Å². The van der Waals surface area contributed by atoms with Crippen molar-refractivity contribution >= 4 is 21.7 Å². The summed E-state index contributed by atoms with van der Waals surface area (Å²) < 4.78 is 3.08. The molecule has 1 aromatic heterocycles. The van der Waals surface area contributed by atoms with Crippen LogP contribution in [0.4, 0.5) is 5.82 Å². The minimum Gasteiger partial charge on any atom is -0.383 e. The zero-order chi connectivity index (χ0) is 12.9. The SMILES string of the molecule is Cc1ccc(-c2nc(C3CC3)n(C)c2N)c(Br)c1. The van der Waals surface area contributed by atoms with Gasteiger partial charge in [-0.25, -0.2) is 4.98 Å². The van der Waals surface area contributed by atoms with E-state index < -0.39 is 0 Å². The van der Waals surface area contributed by atoms with Crippen molar-refractivity contribution in [3.63, 3.8) is 0 Å². The predicted octanol–water partition coefficient (Wildman–Crippen LogP) is 3.62. The second-order valence-corrected chi connectivity index (χ2v) is 5.87. The first kappa shape index (κ1) is 11.8. The first-order valence-corrected chi connectivity index (χ1v) is 6.96. The van der Waals surface area contributed by atoms with E-state index in [-0.39, 0.29) is 0 Å². The summed E-state index contributed by atoms with van der Waals surface area (Å²) in [6, 6.07) is 6.26. The molecule has 0 bridgehead atoms. The number of halogens is 1. The molecule has 1 fully saturated rings. The number of nitrogen functional groups attached to an aromatic ring is 1. The Bertz CT molecular complexity index is 612. The van der Waals surface area contributed by atoms with Gasteiger partial charge < -0.3 is 10.3 Å². The number of imidazole rings is 1. The minimum absolute atomic E-state index is 0.607. The van der Waals surface area contributed by atoms with Crippen molar-refractivity contribution in [3.05, 3.63) is 34.1 Å². The van der Waals surface area contributed by atoms with Gasteiger partial charge in [-0.15, -0.1) is 0 Å². The van der Waals surface area contributed by atoms with Gasteiger partial charge in [0, 0.05) is 23.0 Å². The van der Waals surface area contributed by atoms with Crippen LogP contribution in [0.1, 0.15) is 30.1 Å². The molecule has 1 aliphatic rings. The monoisotopic (exact) mass is 305 g/mol. The van der Waals surface area contributed by atoms with Gasteiger partial charge in [-0.05, 0) is 31.4 Å². The molecule has 2 N–H and O–H groups in total. The van der Waals surface area contributed by atoms with Gasteiger partial charge in [-0.1, -0.05) is 28.1 Å². The molecule has 0 aliphatic heterocycles. The number of hydrogen-bond acceptors (Lipinski definition) is 2. The van der Waals surface area contributed by atoms with Gasteiger partial charge >= 0.3 is 0 Å². The van der Waals surface area contributed by atoms with Crippen LogP contribution in [-0.4, -0.2) is 9.55 Å². The van der Waals surface area contributed by atoms with E-state index in [1.54, 1.807) is 0 Å². The third-order valence-corrected chi connectivity index (χ3v) is 4.15. The molecule has 3 rings (SSSR count). The van der Waals surface area contributed by atoms with Crippen molar-refractivity contribution in [1.82, 2.24) is 9.55 Å². The highest BCUT2D eigenvalue weighted by molar-refractivity contribution is 9.10. The van der Waals surface area contributed by atoms with Crippen LogP contribution in [0.15, 0.2) is 22.7 Å². The van der Waals surface area contributed by atoms with Crippen molar-refractivity contribution in [1.29, 1.82) is 0 Å². The Labute approximate surface area is 115 Å². The molecule has 1 aromatic carbocycles. The largest absolute Gasteiger partial charge is 0.383 e. The van der Waals surface area contributed by atoms with E-state index in [0.717, 1.165) is 27.4 Å². The third kappa shape index (κ3) is 1.85. The van der Waals surface area contributed by atoms with E-state index >= 15 is 0 Å². The lowest BCUT2D eigenvalue weighted by molar-refractivity contribution is 0.807. The second kappa shape index (κ2) is 4.12. The fraction of sp³-hybridized carbons (Fsp3) is 0.357. The van der Waals surface area contributed by atoms with Crippen LogP contribution in [0.25, 0.3) is 11.3 Å². The van der Waals surface area contributed by atoms with Crippen LogP contribution in [0.5, 0.6) is 0 Å². The highest BCUT2D eigenvalue weighted by Crippen LogP contribution is 2.42. The maximum atomic E-state index is 6.19. The van der Waals surface area contributed by atoms with Gasteiger partial charge in [0.15, 0.2) is 0 Å². The Morgan fingerprint density at radius 2 is 2.11 bits per heavy atom. The summed E-state index contributed by atoms with van der Waals surface area (Å²) >= 11 is 3.60. The number of benzene rings is 1. The number of nitrogens with zero attached hydrogens (tertiary/aromatic N) is 2. The Morgan fingerprint density at radius 3 is 2.72 bits per heavy atom. The lowest BCUT2D eigenvalue weighted by Crippen LogP contribution is -2.00. The number of anilines is 1. The van der Waals surface area contributed by atoms with Crippen molar-refractivity contribution in [2.75, 3.05) is 5.73 Å². The van der Waals surface area contributed by atoms with Crippen LogP contribution in [-0.2, 0) is 7.05 Å². The zero-order valence-electron chi connectivity index (χ0n) is 10.6. The lowest BCUT2D eigenvalue weighted by Gasteiger charge is -2.04. The molecule has 1 heterocycles. The van der Waals surface area contributed by atoms with E-state index in [4.69, 9.17) is 10.7 Å². The van der Waals surface area contributed by atoms with Crippen LogP contribution in [0.2, 0.25) is 0 Å². The smallest absolute Gasteiger partial charge is 0.131 e. The van der Waals surface area contributed by atoms with Gasteiger partial charge in [-0.2, -0.15) is 0 Å². The first-order valence-electron chi connectivity index (χ1n) is 6.16. The van der Waals surface area contributed by atoms with Gasteiger partial charge in [-0.3, -0.25) is 0 Å². The summed E-state index contributed by atoms with van der Waals surface area (Å²) in [4.78, 5) is 4.74. The van der Waals surface area contributed by atoms with E-state index in [0.29, 0.717) is 5.92 Å². The number of aromatic nitrogens is 2. The predicted molar refractivity (Wildman–Crippen MR) is 77.5 cm³/mol. The summed E-state index contributed by atoms with van der Waals surface area (Å²) in [5, 5.41) is 0. The fourth-order valence-corrected chi connectivity index (χ4v) is 2.93. The third-order valence-electron chi connectivity index (χ3n) is 3.50. The number of rotatable bonds is 2. The van der Waals surface area contributed by atoms with Gasteiger partial charge in [0.25, 0.3) is 0 Å². The van der Waals surface area contributed by atoms with Crippen LogP contribution in [0.3, 0.4) is 0 Å². The molecular formula is C14H16BrN3. The number of hydrogen-bond donors (Lipinski definition) is 1. The molecule has 0 unspecified atom stereocenters. The summed E-state index contributed by atoms with van der Waals surface area (Å²) in [7, 11) is 2.00. The molecule has 0 amide bonds. The summed E-state index contributed by atoms with van der Waals surface area (Å²) in [6.45, 7) is 2.08. The van der Waals surface area contributed by atoms with E-state index in [1.807, 2.05) is 11.6 Å². The molecule has 0 atom stereocenters. The number of nitrogens with two attached hydrogens (primary N) is 1. The van der Waals surface area contributed by atoms with E-state index in [2.05, 4.69) is 41.1 Å². The highest BCUT2D eigenvalue weighted by Gasteiger charge is 2.30. The summed E-state index contributed by atoms with van der Waals surface area (Å²) in [5.74, 6) is 2.48. The molecule has 18 heavy (non-hydrogen) atoms. The maximum absolute atomic E-state index is 6.19. The molecule has 0 saturated heterocycles. The minimum atomic E-state index is 0.607. The van der Waals surface area contributed by atoms with Crippen molar-refractivity contribution in [3.8, 4) is 11.3 Å². The van der Waals surface area contributed by atoms with Gasteiger partial charge in [0.1, 0.15) is 17.3 Å². The molecule has 2 aromatic rings.